The first-order chi connectivity index (χ1) is 47.3. The number of benzene rings is 12. The molecule has 16 rings (SSSR count). The van der Waals surface area contributed by atoms with Crippen LogP contribution in [0.4, 0.5) is 0 Å². The van der Waals surface area contributed by atoms with Crippen LogP contribution in [0.15, 0.2) is 255 Å². The Morgan fingerprint density at radius 1 is 0.200 bits per heavy atom. The number of hydrogen-bond donors (Lipinski definition) is 0. The van der Waals surface area contributed by atoms with E-state index in [9.17, 15) is 0 Å². The van der Waals surface area contributed by atoms with E-state index in [2.05, 4.69) is 255 Å². The predicted octanol–water partition coefficient (Wildman–Crippen LogP) is 19.0. The third kappa shape index (κ3) is 18.8. The molecule has 502 valence electrons. The van der Waals surface area contributed by atoms with E-state index in [4.69, 9.17) is 18.9 Å². The average Bonchev–Trinajstić information content (AvgIpc) is 0.750. The molecule has 100 heavy (non-hydrogen) atoms. The molecule has 8 heteroatoms. The maximum atomic E-state index is 5.42. The van der Waals surface area contributed by atoms with Gasteiger partial charge in [-0.05, 0) is 173 Å². The summed E-state index contributed by atoms with van der Waals surface area (Å²) < 4.78 is 21.6. The summed E-state index contributed by atoms with van der Waals surface area (Å²) in [5.74, 6) is 5.93. The van der Waals surface area contributed by atoms with E-state index in [-0.39, 0.29) is 84.3 Å². The van der Waals surface area contributed by atoms with Crippen molar-refractivity contribution in [3.8, 4) is 11.1 Å². The summed E-state index contributed by atoms with van der Waals surface area (Å²) in [6, 6.07) is 98.5. The van der Waals surface area contributed by atoms with Crippen molar-refractivity contribution in [2.75, 3.05) is 52.9 Å². The summed E-state index contributed by atoms with van der Waals surface area (Å²) in [5.41, 5.74) is 29.3. The first kappa shape index (κ1) is 73.5. The number of rotatable bonds is 25. The summed E-state index contributed by atoms with van der Waals surface area (Å²) in [6.45, 7) is 6.45. The van der Waals surface area contributed by atoms with Gasteiger partial charge in [0, 0.05) is 84.3 Å². The van der Waals surface area contributed by atoms with Crippen molar-refractivity contribution in [2.24, 2.45) is 0 Å². The van der Waals surface area contributed by atoms with Gasteiger partial charge >= 0.3 is 0 Å². The van der Waals surface area contributed by atoms with E-state index in [0.29, 0.717) is 0 Å². The van der Waals surface area contributed by atoms with Crippen LogP contribution in [0.1, 0.15) is 111 Å². The molecule has 0 saturated carbocycles. The largest absolute Gasteiger partial charge is 0.444 e. The Morgan fingerprint density at radius 3 is 0.720 bits per heavy atom. The average molecular weight is 1990 g/mol. The normalized spacial score (nSPS) is 14.5. The maximum Gasteiger partial charge on any atom is 0 e. The summed E-state index contributed by atoms with van der Waals surface area (Å²) in [4.78, 5) is 0. The van der Waals surface area contributed by atoms with Crippen LogP contribution >= 0.6 is 0 Å². The molecule has 4 aliphatic rings. The standard InChI is InChI=1S/C92H82O4.4W/c1-15-71(16-2-63(1)39-66-7-21-74(22-8-66)46-82-55-93-56-82)43-79-34-38-90-86(51-79)35-36-87(50-78-31-29-70(30-32-78)42-69-13-27-77(28-14-69)49-85-61-96-62-85)92(90)91-54-81(45-73-19-5-65(6-20-73)41-68-11-25-76(26-12-68)48-84-59-95-60-84)53-88-52-80(33-37-89(88)91)44-72-17-3-64(4-18-72)40-67-9-23-75(24-10-67)47-83-57-94-58-83;;;;/h1-38,51-54H,39-50,55-62H2;;;;/q-4;;;;. The fraction of sp³-hybridized carbons (Fsp3) is 0.217. The van der Waals surface area contributed by atoms with Gasteiger partial charge < -0.3 is 18.9 Å². The predicted molar refractivity (Wildman–Crippen MR) is 392 cm³/mol. The summed E-state index contributed by atoms with van der Waals surface area (Å²) in [7, 11) is 0. The van der Waals surface area contributed by atoms with Crippen LogP contribution in [0, 0.1) is 23.7 Å². The molecule has 12 aromatic carbocycles. The van der Waals surface area contributed by atoms with Crippen molar-refractivity contribution in [3.05, 3.63) is 390 Å². The smallest absolute Gasteiger partial charge is 0 e. The van der Waals surface area contributed by atoms with Gasteiger partial charge in [0.05, 0.1) is 0 Å². The van der Waals surface area contributed by atoms with Gasteiger partial charge in [-0.15, -0.1) is 25.7 Å². The minimum absolute atomic E-state index is 0. The number of hydrogen-bond acceptors (Lipinski definition) is 4. The van der Waals surface area contributed by atoms with Crippen molar-refractivity contribution in [1.82, 2.24) is 0 Å². The fourth-order valence-electron chi connectivity index (χ4n) is 14.5. The Morgan fingerprint density at radius 2 is 0.430 bits per heavy atom. The topological polar surface area (TPSA) is 36.9 Å². The van der Waals surface area contributed by atoms with E-state index >= 15 is 0 Å². The van der Waals surface area contributed by atoms with Crippen LogP contribution < -0.4 is 0 Å². The molecular weight excluding hydrogens is 1900 g/mol. The molecule has 4 heterocycles. The van der Waals surface area contributed by atoms with Crippen LogP contribution in [-0.4, -0.2) is 52.9 Å². The van der Waals surface area contributed by atoms with Gasteiger partial charge in [0.25, 0.3) is 0 Å². The Balaban J connectivity index is 0.00000237. The molecule has 0 aliphatic carbocycles. The summed E-state index contributed by atoms with van der Waals surface area (Å²) in [6.07, 6.45) is 11.1. The van der Waals surface area contributed by atoms with Gasteiger partial charge in [0.15, 0.2) is 0 Å². The van der Waals surface area contributed by atoms with Gasteiger partial charge in [-0.1, -0.05) is 330 Å². The second-order valence-electron chi connectivity index (χ2n) is 28.0. The Bertz CT molecular complexity index is 4610. The molecule has 4 aliphatic heterocycles. The molecule has 4 fully saturated rings. The van der Waals surface area contributed by atoms with E-state index in [1.165, 1.54) is 168 Å². The SMILES string of the molecule is [W].[W].[W].[W].c1cc(Cc2ccc3c(-c4c(Cc5ccc(Cc6ccc(C[C-]7COC7)cc6)cc5)ccc5cc(Cc6ccc(Cc7ccc(C[C-]8COC8)cc7)cc6)ccc45)cc(Cc4ccc(Cc5ccc(C[C-]6COC6)cc5)cc4)cc3c2)ccc1Cc1ccc(C[C-]2COC2)cc1. The second kappa shape index (κ2) is 34.8. The van der Waals surface area contributed by atoms with Crippen LogP contribution in [0.3, 0.4) is 0 Å². The molecule has 0 aromatic heterocycles. The summed E-state index contributed by atoms with van der Waals surface area (Å²) >= 11 is 0. The minimum atomic E-state index is 0. The zero-order chi connectivity index (χ0) is 64.0. The van der Waals surface area contributed by atoms with E-state index < -0.39 is 0 Å². The van der Waals surface area contributed by atoms with E-state index in [0.717, 1.165) is 130 Å². The van der Waals surface area contributed by atoms with Crippen LogP contribution in [0.25, 0.3) is 32.7 Å². The van der Waals surface area contributed by atoms with Gasteiger partial charge in [-0.2, -0.15) is 0 Å². The third-order valence-corrected chi connectivity index (χ3v) is 20.2. The van der Waals surface area contributed by atoms with Crippen molar-refractivity contribution in [3.63, 3.8) is 0 Å². The Labute approximate surface area is 649 Å². The Hall–Kier alpha value is -6.25. The number of fused-ring (bicyclic) bond motifs is 2. The number of ether oxygens (including phenoxy) is 4. The first-order valence-electron chi connectivity index (χ1n) is 34.7. The third-order valence-electron chi connectivity index (χ3n) is 20.2. The fourth-order valence-corrected chi connectivity index (χ4v) is 14.5. The molecule has 4 nitrogen and oxygen atoms in total. The van der Waals surface area contributed by atoms with Crippen LogP contribution in [-0.2, 0) is 180 Å². The van der Waals surface area contributed by atoms with Crippen LogP contribution in [0.2, 0.25) is 0 Å². The molecule has 0 spiro atoms. The molecule has 0 radical (unpaired) electrons. The molecule has 0 amide bonds. The van der Waals surface area contributed by atoms with E-state index in [1.807, 2.05) is 0 Å². The Kier molecular flexibility index (Phi) is 25.6. The van der Waals surface area contributed by atoms with Crippen molar-refractivity contribution in [2.45, 2.75) is 77.0 Å². The maximum absolute atomic E-state index is 5.42. The molecule has 0 bridgehead atoms. The molecule has 0 atom stereocenters. The van der Waals surface area contributed by atoms with Gasteiger partial charge in [-0.25, -0.2) is 0 Å². The van der Waals surface area contributed by atoms with E-state index in [1.54, 1.807) is 0 Å². The zero-order valence-corrected chi connectivity index (χ0v) is 68.4. The van der Waals surface area contributed by atoms with Crippen molar-refractivity contribution in [1.29, 1.82) is 0 Å². The first-order valence-corrected chi connectivity index (χ1v) is 34.7. The van der Waals surface area contributed by atoms with Crippen molar-refractivity contribution >= 4 is 21.5 Å². The van der Waals surface area contributed by atoms with Crippen LogP contribution in [0.5, 0.6) is 0 Å². The monoisotopic (exact) mass is 1990 g/mol. The minimum Gasteiger partial charge on any atom is -0.444 e. The zero-order valence-electron chi connectivity index (χ0n) is 56.7. The van der Waals surface area contributed by atoms with Gasteiger partial charge in [-0.3, -0.25) is 23.7 Å². The molecule has 0 N–H and O–H groups in total. The van der Waals surface area contributed by atoms with Crippen molar-refractivity contribution < 1.29 is 103 Å². The summed E-state index contributed by atoms with van der Waals surface area (Å²) in [5, 5.41) is 5.11. The van der Waals surface area contributed by atoms with Gasteiger partial charge in [0.2, 0.25) is 0 Å². The molecule has 12 aromatic rings. The molecule has 0 unspecified atom stereocenters. The quantitative estimate of drug-likeness (QED) is 0.0535. The molecular formula is C92H82O4W4-4. The molecule has 4 saturated heterocycles. The van der Waals surface area contributed by atoms with Gasteiger partial charge in [0.1, 0.15) is 0 Å². The second-order valence-corrected chi connectivity index (χ2v) is 28.0.